The molecule has 0 heterocycles. The zero-order valence-corrected chi connectivity index (χ0v) is 6.17. The summed E-state index contributed by atoms with van der Waals surface area (Å²) in [7, 11) is 0. The smallest absolute Gasteiger partial charge is 0.0930 e. The van der Waals surface area contributed by atoms with Crippen LogP contribution in [0.25, 0.3) is 0 Å². The standard InChI is InChI=1S/C8H11N3/c1-6(9)11-8-4-2-3-7(10)5-8/h2-5,11H,1,9-10H2. The molecule has 0 aliphatic carbocycles. The summed E-state index contributed by atoms with van der Waals surface area (Å²) in [6.45, 7) is 3.51. The second-order valence-electron chi connectivity index (χ2n) is 2.28. The molecule has 0 fully saturated rings. The maximum atomic E-state index is 5.52. The van der Waals surface area contributed by atoms with E-state index < -0.39 is 0 Å². The lowest BCUT2D eigenvalue weighted by Gasteiger charge is -2.04. The molecular formula is C8H11N3. The molecule has 58 valence electrons. The number of nitrogens with two attached hydrogens (primary N) is 2. The molecule has 0 aliphatic rings. The van der Waals surface area contributed by atoms with E-state index in [0.29, 0.717) is 11.5 Å². The number of hydrogen-bond acceptors (Lipinski definition) is 3. The highest BCUT2D eigenvalue weighted by atomic mass is 15.0. The van der Waals surface area contributed by atoms with Gasteiger partial charge in [-0.1, -0.05) is 12.6 Å². The average molecular weight is 149 g/mol. The van der Waals surface area contributed by atoms with Crippen LogP contribution >= 0.6 is 0 Å². The Hall–Kier alpha value is -1.64. The third kappa shape index (κ3) is 2.21. The first-order valence-electron chi connectivity index (χ1n) is 3.25. The van der Waals surface area contributed by atoms with Crippen LogP contribution in [0.3, 0.4) is 0 Å². The first-order valence-corrected chi connectivity index (χ1v) is 3.25. The van der Waals surface area contributed by atoms with Gasteiger partial charge in [-0.2, -0.15) is 0 Å². The summed E-state index contributed by atoms with van der Waals surface area (Å²) in [5.74, 6) is 0.413. The van der Waals surface area contributed by atoms with Crippen LogP contribution in [0.1, 0.15) is 0 Å². The van der Waals surface area contributed by atoms with Gasteiger partial charge in [-0.15, -0.1) is 0 Å². The second kappa shape index (κ2) is 2.96. The zero-order valence-electron chi connectivity index (χ0n) is 6.17. The molecule has 3 heteroatoms. The first kappa shape index (κ1) is 7.47. The molecule has 5 N–H and O–H groups in total. The van der Waals surface area contributed by atoms with Crippen molar-refractivity contribution in [2.45, 2.75) is 0 Å². The van der Waals surface area contributed by atoms with Crippen LogP contribution in [0.2, 0.25) is 0 Å². The van der Waals surface area contributed by atoms with Crippen LogP contribution in [-0.4, -0.2) is 0 Å². The van der Waals surface area contributed by atoms with E-state index in [1.54, 1.807) is 6.07 Å². The molecule has 1 aromatic rings. The van der Waals surface area contributed by atoms with Gasteiger partial charge in [0, 0.05) is 11.4 Å². The Morgan fingerprint density at radius 2 is 2.18 bits per heavy atom. The number of anilines is 2. The van der Waals surface area contributed by atoms with Gasteiger partial charge in [-0.3, -0.25) is 0 Å². The van der Waals surface area contributed by atoms with Crippen LogP contribution in [0.15, 0.2) is 36.7 Å². The topological polar surface area (TPSA) is 64.1 Å². The van der Waals surface area contributed by atoms with Gasteiger partial charge in [0.05, 0.1) is 5.82 Å². The molecule has 0 amide bonds. The summed E-state index contributed by atoms with van der Waals surface area (Å²) in [4.78, 5) is 0. The van der Waals surface area contributed by atoms with Crippen molar-refractivity contribution in [3.05, 3.63) is 36.7 Å². The van der Waals surface area contributed by atoms with Crippen LogP contribution in [0, 0.1) is 0 Å². The van der Waals surface area contributed by atoms with Crippen molar-refractivity contribution in [2.24, 2.45) is 5.73 Å². The minimum absolute atomic E-state index is 0.413. The Labute approximate surface area is 65.7 Å². The average Bonchev–Trinajstić information content (AvgIpc) is 1.85. The van der Waals surface area contributed by atoms with E-state index in [9.17, 15) is 0 Å². The lowest BCUT2D eigenvalue weighted by Crippen LogP contribution is -2.06. The zero-order chi connectivity index (χ0) is 8.27. The van der Waals surface area contributed by atoms with Gasteiger partial charge in [-0.25, -0.2) is 0 Å². The Bertz CT molecular complexity index is 268. The van der Waals surface area contributed by atoms with E-state index in [1.165, 1.54) is 0 Å². The second-order valence-corrected chi connectivity index (χ2v) is 2.28. The first-order chi connectivity index (χ1) is 5.18. The fourth-order valence-electron chi connectivity index (χ4n) is 0.802. The van der Waals surface area contributed by atoms with Gasteiger partial charge in [0.2, 0.25) is 0 Å². The Balaban J connectivity index is 2.79. The molecule has 0 bridgehead atoms. The van der Waals surface area contributed by atoms with Gasteiger partial charge >= 0.3 is 0 Å². The summed E-state index contributed by atoms with van der Waals surface area (Å²) in [6.07, 6.45) is 0. The third-order valence-corrected chi connectivity index (χ3v) is 1.19. The quantitative estimate of drug-likeness (QED) is 0.552. The van der Waals surface area contributed by atoms with E-state index >= 15 is 0 Å². The SMILES string of the molecule is C=C(N)Nc1cccc(N)c1. The molecule has 0 aliphatic heterocycles. The number of nitrogen functional groups attached to an aromatic ring is 1. The lowest BCUT2D eigenvalue weighted by molar-refractivity contribution is 1.33. The Morgan fingerprint density at radius 3 is 2.73 bits per heavy atom. The molecule has 0 atom stereocenters. The Morgan fingerprint density at radius 1 is 1.45 bits per heavy atom. The molecule has 0 unspecified atom stereocenters. The highest BCUT2D eigenvalue weighted by Crippen LogP contribution is 2.11. The van der Waals surface area contributed by atoms with Crippen molar-refractivity contribution < 1.29 is 0 Å². The van der Waals surface area contributed by atoms with Gasteiger partial charge < -0.3 is 16.8 Å². The highest BCUT2D eigenvalue weighted by Gasteiger charge is 1.90. The van der Waals surface area contributed by atoms with Crippen LogP contribution in [-0.2, 0) is 0 Å². The molecule has 0 spiro atoms. The summed E-state index contributed by atoms with van der Waals surface area (Å²) >= 11 is 0. The van der Waals surface area contributed by atoms with Crippen molar-refractivity contribution in [1.29, 1.82) is 0 Å². The fraction of sp³-hybridized carbons (Fsp3) is 0. The van der Waals surface area contributed by atoms with Gasteiger partial charge in [-0.05, 0) is 18.2 Å². The summed E-state index contributed by atoms with van der Waals surface area (Å²) < 4.78 is 0. The molecule has 0 radical (unpaired) electrons. The predicted molar refractivity (Wildman–Crippen MR) is 47.8 cm³/mol. The van der Waals surface area contributed by atoms with Gasteiger partial charge in [0.25, 0.3) is 0 Å². The van der Waals surface area contributed by atoms with E-state index in [-0.39, 0.29) is 0 Å². The molecule has 11 heavy (non-hydrogen) atoms. The normalized spacial score (nSPS) is 9.09. The summed E-state index contributed by atoms with van der Waals surface area (Å²) in [6, 6.07) is 7.32. The van der Waals surface area contributed by atoms with E-state index in [0.717, 1.165) is 5.69 Å². The van der Waals surface area contributed by atoms with Crippen LogP contribution in [0.4, 0.5) is 11.4 Å². The van der Waals surface area contributed by atoms with Gasteiger partial charge in [0.1, 0.15) is 0 Å². The van der Waals surface area contributed by atoms with Crippen LogP contribution in [0.5, 0.6) is 0 Å². The monoisotopic (exact) mass is 149 g/mol. The van der Waals surface area contributed by atoms with Gasteiger partial charge in [0.15, 0.2) is 0 Å². The molecule has 0 saturated heterocycles. The minimum atomic E-state index is 0.413. The largest absolute Gasteiger partial charge is 0.399 e. The maximum Gasteiger partial charge on any atom is 0.0930 e. The molecule has 1 rings (SSSR count). The number of benzene rings is 1. The highest BCUT2D eigenvalue weighted by molar-refractivity contribution is 5.56. The number of hydrogen-bond donors (Lipinski definition) is 3. The molecule has 1 aromatic carbocycles. The van der Waals surface area contributed by atoms with Crippen molar-refractivity contribution in [3.8, 4) is 0 Å². The minimum Gasteiger partial charge on any atom is -0.399 e. The van der Waals surface area contributed by atoms with E-state index in [2.05, 4.69) is 11.9 Å². The van der Waals surface area contributed by atoms with Crippen molar-refractivity contribution in [2.75, 3.05) is 11.1 Å². The molecule has 0 saturated carbocycles. The summed E-state index contributed by atoms with van der Waals surface area (Å²) in [5.41, 5.74) is 12.4. The van der Waals surface area contributed by atoms with Crippen LogP contribution < -0.4 is 16.8 Å². The number of rotatable bonds is 2. The molecule has 3 nitrogen and oxygen atoms in total. The van der Waals surface area contributed by atoms with Crippen molar-refractivity contribution in [1.82, 2.24) is 0 Å². The third-order valence-electron chi connectivity index (χ3n) is 1.19. The van der Waals surface area contributed by atoms with Crippen molar-refractivity contribution >= 4 is 11.4 Å². The maximum absolute atomic E-state index is 5.52. The lowest BCUT2D eigenvalue weighted by atomic mass is 10.3. The number of nitrogens with one attached hydrogen (secondary N) is 1. The van der Waals surface area contributed by atoms with E-state index in [1.807, 2.05) is 18.2 Å². The Kier molecular flexibility index (Phi) is 2.01. The predicted octanol–water partition coefficient (Wildman–Crippen LogP) is 1.11. The van der Waals surface area contributed by atoms with Crippen molar-refractivity contribution in [3.63, 3.8) is 0 Å². The summed E-state index contributed by atoms with van der Waals surface area (Å²) in [5, 5.41) is 2.85. The molecule has 0 aromatic heterocycles. The van der Waals surface area contributed by atoms with E-state index in [4.69, 9.17) is 11.5 Å². The molecular weight excluding hydrogens is 138 g/mol. The fourth-order valence-corrected chi connectivity index (χ4v) is 0.802.